The number of aryl methyl sites for hydroxylation is 2. The van der Waals surface area contributed by atoms with Crippen molar-refractivity contribution in [3.05, 3.63) is 53.5 Å². The van der Waals surface area contributed by atoms with Gasteiger partial charge in [0.25, 0.3) is 5.91 Å². The molecule has 140 valence electrons. The highest BCUT2D eigenvalue weighted by Gasteiger charge is 2.24. The summed E-state index contributed by atoms with van der Waals surface area (Å²) < 4.78 is 11.3. The summed E-state index contributed by atoms with van der Waals surface area (Å²) >= 11 is 0. The van der Waals surface area contributed by atoms with Gasteiger partial charge < -0.3 is 14.5 Å². The first-order valence-electron chi connectivity index (χ1n) is 9.37. The summed E-state index contributed by atoms with van der Waals surface area (Å²) in [5.41, 5.74) is 2.15. The molecule has 0 saturated carbocycles. The number of hydrogen-bond donors (Lipinski definition) is 1. The molecule has 0 aliphatic carbocycles. The molecular weight excluding hydrogens is 328 g/mol. The molecule has 2 heterocycles. The Bertz CT molecular complexity index is 706. The summed E-state index contributed by atoms with van der Waals surface area (Å²) in [5.74, 6) is 1.56. The molecule has 1 aliphatic heterocycles. The van der Waals surface area contributed by atoms with E-state index in [1.165, 1.54) is 19.3 Å². The normalized spacial score (nSPS) is 16.2. The van der Waals surface area contributed by atoms with Gasteiger partial charge in [-0.25, -0.2) is 0 Å². The number of hydrogen-bond acceptors (Lipinski definition) is 4. The first-order chi connectivity index (χ1) is 12.6. The number of furan rings is 1. The molecule has 1 saturated heterocycles. The van der Waals surface area contributed by atoms with Crippen LogP contribution in [-0.2, 0) is 4.79 Å². The third kappa shape index (κ3) is 4.88. The highest BCUT2D eigenvalue weighted by molar-refractivity contribution is 5.77. The molecule has 2 aromatic rings. The van der Waals surface area contributed by atoms with Crippen molar-refractivity contribution < 1.29 is 13.9 Å². The highest BCUT2D eigenvalue weighted by atomic mass is 16.5. The average molecular weight is 356 g/mol. The molecule has 0 spiro atoms. The van der Waals surface area contributed by atoms with Crippen LogP contribution in [0.2, 0.25) is 0 Å². The summed E-state index contributed by atoms with van der Waals surface area (Å²) in [5, 5.41) is 3.01. The molecular formula is C21H28N2O3. The van der Waals surface area contributed by atoms with Crippen LogP contribution in [0.25, 0.3) is 0 Å². The van der Waals surface area contributed by atoms with E-state index in [0.717, 1.165) is 35.7 Å². The molecule has 1 fully saturated rings. The third-order valence-corrected chi connectivity index (χ3v) is 4.90. The molecule has 26 heavy (non-hydrogen) atoms. The Hall–Kier alpha value is -2.27. The van der Waals surface area contributed by atoms with Gasteiger partial charge in [0.2, 0.25) is 0 Å². The van der Waals surface area contributed by atoms with Crippen LogP contribution >= 0.6 is 0 Å². The van der Waals surface area contributed by atoms with Crippen LogP contribution in [0.5, 0.6) is 5.75 Å². The van der Waals surface area contributed by atoms with E-state index < -0.39 is 0 Å². The number of likely N-dealkylation sites (tertiary alicyclic amines) is 1. The van der Waals surface area contributed by atoms with Crippen molar-refractivity contribution in [1.82, 2.24) is 10.2 Å². The van der Waals surface area contributed by atoms with Crippen molar-refractivity contribution in [1.29, 1.82) is 0 Å². The van der Waals surface area contributed by atoms with Gasteiger partial charge >= 0.3 is 0 Å². The molecule has 1 aromatic heterocycles. The van der Waals surface area contributed by atoms with Gasteiger partial charge in [0.1, 0.15) is 11.5 Å². The number of nitrogens with zero attached hydrogens (tertiary/aromatic N) is 1. The van der Waals surface area contributed by atoms with Crippen LogP contribution in [-0.4, -0.2) is 37.0 Å². The van der Waals surface area contributed by atoms with E-state index in [-0.39, 0.29) is 18.6 Å². The number of piperidine rings is 1. The van der Waals surface area contributed by atoms with Crippen molar-refractivity contribution in [3.8, 4) is 5.75 Å². The van der Waals surface area contributed by atoms with Gasteiger partial charge in [0.15, 0.2) is 6.61 Å². The van der Waals surface area contributed by atoms with Gasteiger partial charge in [-0.15, -0.1) is 0 Å². The SMILES string of the molecule is Cc1ccc(C)c(OCC(=O)NC[C@@H](c2ccco2)N2CCCCC2)c1. The predicted octanol–water partition coefficient (Wildman–Crippen LogP) is 3.62. The smallest absolute Gasteiger partial charge is 0.258 e. The van der Waals surface area contributed by atoms with Crippen molar-refractivity contribution in [2.24, 2.45) is 0 Å². The first-order valence-corrected chi connectivity index (χ1v) is 9.37. The number of benzene rings is 1. The van der Waals surface area contributed by atoms with E-state index >= 15 is 0 Å². The minimum atomic E-state index is -0.112. The lowest BCUT2D eigenvalue weighted by atomic mass is 10.1. The predicted molar refractivity (Wildman–Crippen MR) is 101 cm³/mol. The fourth-order valence-corrected chi connectivity index (χ4v) is 3.39. The lowest BCUT2D eigenvalue weighted by Crippen LogP contribution is -2.41. The summed E-state index contributed by atoms with van der Waals surface area (Å²) in [7, 11) is 0. The Morgan fingerprint density at radius 3 is 2.77 bits per heavy atom. The Morgan fingerprint density at radius 1 is 1.23 bits per heavy atom. The number of ether oxygens (including phenoxy) is 1. The minimum Gasteiger partial charge on any atom is -0.483 e. The van der Waals surface area contributed by atoms with E-state index in [1.54, 1.807) is 6.26 Å². The quantitative estimate of drug-likeness (QED) is 0.823. The fraction of sp³-hybridized carbons (Fsp3) is 0.476. The maximum Gasteiger partial charge on any atom is 0.258 e. The lowest BCUT2D eigenvalue weighted by molar-refractivity contribution is -0.123. The van der Waals surface area contributed by atoms with Gasteiger partial charge in [0, 0.05) is 6.54 Å². The van der Waals surface area contributed by atoms with E-state index in [0.29, 0.717) is 6.54 Å². The van der Waals surface area contributed by atoms with E-state index in [2.05, 4.69) is 10.2 Å². The van der Waals surface area contributed by atoms with Crippen LogP contribution in [0.1, 0.15) is 42.2 Å². The van der Waals surface area contributed by atoms with Crippen molar-refractivity contribution in [3.63, 3.8) is 0 Å². The van der Waals surface area contributed by atoms with E-state index in [1.807, 2.05) is 44.2 Å². The molecule has 0 bridgehead atoms. The second-order valence-corrected chi connectivity index (χ2v) is 6.99. The van der Waals surface area contributed by atoms with Crippen LogP contribution in [0.3, 0.4) is 0 Å². The molecule has 1 aliphatic rings. The van der Waals surface area contributed by atoms with Crippen molar-refractivity contribution in [2.45, 2.75) is 39.2 Å². The molecule has 5 nitrogen and oxygen atoms in total. The summed E-state index contributed by atoms with van der Waals surface area (Å²) in [4.78, 5) is 14.7. The molecule has 0 unspecified atom stereocenters. The van der Waals surface area contributed by atoms with Crippen LogP contribution in [0.15, 0.2) is 41.0 Å². The number of rotatable bonds is 7. The minimum absolute atomic E-state index is 0.0230. The molecule has 1 N–H and O–H groups in total. The van der Waals surface area contributed by atoms with Gasteiger partial charge in [-0.05, 0) is 69.1 Å². The molecule has 3 rings (SSSR count). The van der Waals surface area contributed by atoms with Gasteiger partial charge in [-0.2, -0.15) is 0 Å². The number of carbonyl (C=O) groups excluding carboxylic acids is 1. The van der Waals surface area contributed by atoms with Crippen molar-refractivity contribution >= 4 is 5.91 Å². The average Bonchev–Trinajstić information content (AvgIpc) is 3.18. The Kier molecular flexibility index (Phi) is 6.34. The van der Waals surface area contributed by atoms with Gasteiger partial charge in [-0.1, -0.05) is 18.6 Å². The maximum absolute atomic E-state index is 12.3. The summed E-state index contributed by atoms with van der Waals surface area (Å²) in [6, 6.07) is 9.97. The highest BCUT2D eigenvalue weighted by Crippen LogP contribution is 2.24. The zero-order chi connectivity index (χ0) is 18.4. The van der Waals surface area contributed by atoms with Crippen LogP contribution in [0, 0.1) is 13.8 Å². The van der Waals surface area contributed by atoms with E-state index in [9.17, 15) is 4.79 Å². The monoisotopic (exact) mass is 356 g/mol. The third-order valence-electron chi connectivity index (χ3n) is 4.90. The zero-order valence-corrected chi connectivity index (χ0v) is 15.7. The van der Waals surface area contributed by atoms with Crippen molar-refractivity contribution in [2.75, 3.05) is 26.2 Å². The molecule has 5 heteroatoms. The molecule has 1 aromatic carbocycles. The number of carbonyl (C=O) groups is 1. The van der Waals surface area contributed by atoms with Crippen LogP contribution in [0.4, 0.5) is 0 Å². The van der Waals surface area contributed by atoms with Gasteiger partial charge in [0.05, 0.1) is 12.3 Å². The second-order valence-electron chi connectivity index (χ2n) is 6.99. The summed E-state index contributed by atoms with van der Waals surface area (Å²) in [6.07, 6.45) is 5.36. The Morgan fingerprint density at radius 2 is 2.04 bits per heavy atom. The summed E-state index contributed by atoms with van der Waals surface area (Å²) in [6.45, 7) is 6.63. The molecule has 1 amide bonds. The Balaban J connectivity index is 1.54. The largest absolute Gasteiger partial charge is 0.483 e. The standard InChI is InChI=1S/C21H28N2O3/c1-16-8-9-17(2)20(13-16)26-15-21(24)22-14-18(19-7-6-12-25-19)23-10-4-3-5-11-23/h6-9,12-13,18H,3-5,10-11,14-15H2,1-2H3,(H,22,24)/t18-/m0/s1. The number of nitrogens with one attached hydrogen (secondary N) is 1. The van der Waals surface area contributed by atoms with Gasteiger partial charge in [-0.3, -0.25) is 9.69 Å². The Labute approximate surface area is 155 Å². The first kappa shape index (κ1) is 18.5. The fourth-order valence-electron chi connectivity index (χ4n) is 3.39. The maximum atomic E-state index is 12.3. The molecule has 0 radical (unpaired) electrons. The molecule has 1 atom stereocenters. The topological polar surface area (TPSA) is 54.7 Å². The van der Waals surface area contributed by atoms with Crippen LogP contribution < -0.4 is 10.1 Å². The second kappa shape index (κ2) is 8.90. The zero-order valence-electron chi connectivity index (χ0n) is 15.7. The van der Waals surface area contributed by atoms with E-state index in [4.69, 9.17) is 9.15 Å². The lowest BCUT2D eigenvalue weighted by Gasteiger charge is -2.33. The number of amides is 1.